The number of carbonyl (C=O) groups is 1. The number of benzene rings is 2. The molecule has 28 heavy (non-hydrogen) atoms. The number of nitrogens with one attached hydrogen (secondary N) is 2. The zero-order valence-corrected chi connectivity index (χ0v) is 15.2. The van der Waals surface area contributed by atoms with Gasteiger partial charge in [-0.05, 0) is 55.1 Å². The molecule has 146 valence electrons. The maximum Gasteiger partial charge on any atom is 0.322 e. The summed E-state index contributed by atoms with van der Waals surface area (Å²) in [5.74, 6) is -2.77. The Morgan fingerprint density at radius 1 is 1.14 bits per heavy atom. The second kappa shape index (κ2) is 7.75. The standard InChI is InChI=1S/C20H18F3N3O2/c1-3-26(20(28)25-13-6-4-12(21)5-7-13)11(2)15-10-24-19(27)17-14(15)8-9-16(22)18(17)23/h4-11H,3H2,1-2H3,(H,24,27)(H,25,28). The fourth-order valence-corrected chi connectivity index (χ4v) is 3.14. The van der Waals surface area contributed by atoms with Gasteiger partial charge in [0, 0.05) is 18.4 Å². The third-order valence-electron chi connectivity index (χ3n) is 4.61. The molecule has 2 N–H and O–H groups in total. The average Bonchev–Trinajstić information content (AvgIpc) is 2.67. The highest BCUT2D eigenvalue weighted by atomic mass is 19.2. The fraction of sp³-hybridized carbons (Fsp3) is 0.200. The molecule has 1 heterocycles. The first-order valence-corrected chi connectivity index (χ1v) is 8.66. The normalized spacial score (nSPS) is 12.0. The molecule has 1 atom stereocenters. The first-order chi connectivity index (χ1) is 13.3. The number of aromatic nitrogens is 1. The second-order valence-electron chi connectivity index (χ2n) is 6.26. The van der Waals surface area contributed by atoms with Crippen LogP contribution in [0.25, 0.3) is 10.8 Å². The Morgan fingerprint density at radius 3 is 2.46 bits per heavy atom. The van der Waals surface area contributed by atoms with Gasteiger partial charge >= 0.3 is 6.03 Å². The Labute approximate surface area is 158 Å². The van der Waals surface area contributed by atoms with E-state index in [1.165, 1.54) is 41.4 Å². The van der Waals surface area contributed by atoms with Crippen molar-refractivity contribution in [1.29, 1.82) is 0 Å². The molecule has 2 amide bonds. The number of urea groups is 1. The number of pyridine rings is 1. The molecule has 8 heteroatoms. The van der Waals surface area contributed by atoms with E-state index in [2.05, 4.69) is 10.3 Å². The number of H-pyrrole nitrogens is 1. The Balaban J connectivity index is 1.97. The van der Waals surface area contributed by atoms with E-state index in [0.717, 1.165) is 6.07 Å². The fourth-order valence-electron chi connectivity index (χ4n) is 3.14. The van der Waals surface area contributed by atoms with E-state index in [1.807, 2.05) is 0 Å². The van der Waals surface area contributed by atoms with Gasteiger partial charge < -0.3 is 15.2 Å². The zero-order valence-electron chi connectivity index (χ0n) is 15.2. The van der Waals surface area contributed by atoms with Crippen LogP contribution in [0.1, 0.15) is 25.5 Å². The lowest BCUT2D eigenvalue weighted by molar-refractivity contribution is 0.197. The van der Waals surface area contributed by atoms with Crippen LogP contribution in [-0.2, 0) is 0 Å². The maximum absolute atomic E-state index is 14.1. The number of carbonyl (C=O) groups excluding carboxylic acids is 1. The molecule has 5 nitrogen and oxygen atoms in total. The van der Waals surface area contributed by atoms with Gasteiger partial charge in [0.15, 0.2) is 11.6 Å². The first-order valence-electron chi connectivity index (χ1n) is 8.66. The molecule has 0 saturated heterocycles. The van der Waals surface area contributed by atoms with E-state index in [1.54, 1.807) is 13.8 Å². The van der Waals surface area contributed by atoms with Crippen molar-refractivity contribution in [2.75, 3.05) is 11.9 Å². The maximum atomic E-state index is 14.1. The molecule has 1 unspecified atom stereocenters. The van der Waals surface area contributed by atoms with Gasteiger partial charge in [-0.25, -0.2) is 18.0 Å². The third-order valence-corrected chi connectivity index (χ3v) is 4.61. The molecule has 3 aromatic rings. The van der Waals surface area contributed by atoms with E-state index in [0.29, 0.717) is 17.8 Å². The highest BCUT2D eigenvalue weighted by Crippen LogP contribution is 2.28. The second-order valence-corrected chi connectivity index (χ2v) is 6.26. The summed E-state index contributed by atoms with van der Waals surface area (Å²) < 4.78 is 40.7. The quantitative estimate of drug-likeness (QED) is 0.687. The van der Waals surface area contributed by atoms with Crippen LogP contribution in [0.5, 0.6) is 0 Å². The van der Waals surface area contributed by atoms with E-state index in [9.17, 15) is 22.8 Å². The lowest BCUT2D eigenvalue weighted by atomic mass is 10.0. The molecule has 0 aliphatic heterocycles. The van der Waals surface area contributed by atoms with Crippen molar-refractivity contribution in [2.45, 2.75) is 19.9 Å². The minimum atomic E-state index is -1.23. The van der Waals surface area contributed by atoms with Crippen LogP contribution in [0.2, 0.25) is 0 Å². The summed E-state index contributed by atoms with van der Waals surface area (Å²) in [6.07, 6.45) is 1.39. The van der Waals surface area contributed by atoms with Gasteiger partial charge in [-0.2, -0.15) is 0 Å². The molecule has 0 saturated carbocycles. The minimum Gasteiger partial charge on any atom is -0.328 e. The molecule has 1 aromatic heterocycles. The molecule has 2 aromatic carbocycles. The number of anilines is 1. The van der Waals surface area contributed by atoms with Crippen molar-refractivity contribution in [2.24, 2.45) is 0 Å². The van der Waals surface area contributed by atoms with Crippen molar-refractivity contribution < 1.29 is 18.0 Å². The number of aromatic amines is 1. The summed E-state index contributed by atoms with van der Waals surface area (Å²) in [4.78, 5) is 28.5. The van der Waals surface area contributed by atoms with Crippen LogP contribution >= 0.6 is 0 Å². The number of hydrogen-bond acceptors (Lipinski definition) is 2. The van der Waals surface area contributed by atoms with E-state index in [-0.39, 0.29) is 10.8 Å². The van der Waals surface area contributed by atoms with Gasteiger partial charge in [0.1, 0.15) is 5.82 Å². The highest BCUT2D eigenvalue weighted by Gasteiger charge is 2.24. The summed E-state index contributed by atoms with van der Waals surface area (Å²) in [7, 11) is 0. The van der Waals surface area contributed by atoms with Gasteiger partial charge in [0.25, 0.3) is 5.56 Å². The first kappa shape index (κ1) is 19.5. The molecule has 0 fully saturated rings. The number of nitrogens with zero attached hydrogens (tertiary/aromatic N) is 1. The number of rotatable bonds is 4. The largest absolute Gasteiger partial charge is 0.328 e. The topological polar surface area (TPSA) is 65.2 Å². The van der Waals surface area contributed by atoms with Crippen molar-refractivity contribution in [3.63, 3.8) is 0 Å². The van der Waals surface area contributed by atoms with E-state index >= 15 is 0 Å². The predicted octanol–water partition coefficient (Wildman–Crippen LogP) is 4.56. The van der Waals surface area contributed by atoms with Crippen LogP contribution in [0, 0.1) is 17.5 Å². The average molecular weight is 389 g/mol. The monoisotopic (exact) mass is 389 g/mol. The van der Waals surface area contributed by atoms with Crippen molar-refractivity contribution in [3.8, 4) is 0 Å². The summed E-state index contributed by atoms with van der Waals surface area (Å²) in [6, 6.07) is 6.56. The van der Waals surface area contributed by atoms with Gasteiger partial charge in [0.05, 0.1) is 11.4 Å². The summed E-state index contributed by atoms with van der Waals surface area (Å²) in [5.41, 5.74) is 0.128. The van der Waals surface area contributed by atoms with Crippen molar-refractivity contribution >= 4 is 22.5 Å². The Hall–Kier alpha value is -3.29. The zero-order chi connectivity index (χ0) is 20.4. The molecule has 0 aliphatic carbocycles. The lowest BCUT2D eigenvalue weighted by Gasteiger charge is -2.29. The molecule has 0 bridgehead atoms. The third kappa shape index (κ3) is 3.58. The Bertz CT molecular complexity index is 1080. The number of halogens is 3. The number of hydrogen-bond donors (Lipinski definition) is 2. The van der Waals surface area contributed by atoms with Crippen molar-refractivity contribution in [1.82, 2.24) is 9.88 Å². The molecule has 0 radical (unpaired) electrons. The number of fused-ring (bicyclic) bond motifs is 1. The summed E-state index contributed by atoms with van der Waals surface area (Å²) >= 11 is 0. The predicted molar refractivity (Wildman–Crippen MR) is 101 cm³/mol. The number of amides is 2. The van der Waals surface area contributed by atoms with Gasteiger partial charge in [-0.15, -0.1) is 0 Å². The van der Waals surface area contributed by atoms with E-state index < -0.39 is 35.1 Å². The Kier molecular flexibility index (Phi) is 5.39. The van der Waals surface area contributed by atoms with Gasteiger partial charge in [0.2, 0.25) is 0 Å². The van der Waals surface area contributed by atoms with Crippen molar-refractivity contribution in [3.05, 3.63) is 76.0 Å². The smallest absolute Gasteiger partial charge is 0.322 e. The molecule has 3 rings (SSSR count). The van der Waals surface area contributed by atoms with Crippen LogP contribution < -0.4 is 10.9 Å². The minimum absolute atomic E-state index is 0.225. The summed E-state index contributed by atoms with van der Waals surface area (Å²) in [6.45, 7) is 3.77. The van der Waals surface area contributed by atoms with Crippen LogP contribution in [-0.4, -0.2) is 22.5 Å². The van der Waals surface area contributed by atoms with E-state index in [4.69, 9.17) is 0 Å². The van der Waals surface area contributed by atoms with Crippen LogP contribution in [0.3, 0.4) is 0 Å². The molecular formula is C20H18F3N3O2. The molecule has 0 aliphatic rings. The lowest BCUT2D eigenvalue weighted by Crippen LogP contribution is -2.37. The Morgan fingerprint density at radius 2 is 1.82 bits per heavy atom. The summed E-state index contributed by atoms with van der Waals surface area (Å²) in [5, 5.41) is 2.50. The van der Waals surface area contributed by atoms with Gasteiger partial charge in [-0.1, -0.05) is 6.07 Å². The van der Waals surface area contributed by atoms with Crippen LogP contribution in [0.4, 0.5) is 23.7 Å². The van der Waals surface area contributed by atoms with Crippen LogP contribution in [0.15, 0.2) is 47.4 Å². The van der Waals surface area contributed by atoms with Gasteiger partial charge in [-0.3, -0.25) is 4.79 Å². The highest BCUT2D eigenvalue weighted by molar-refractivity contribution is 5.91. The molecule has 0 spiro atoms. The molecular weight excluding hydrogens is 371 g/mol. The SMILES string of the molecule is CCN(C(=O)Nc1ccc(F)cc1)C(C)c1c[nH]c(=O)c2c(F)c(F)ccc12.